The summed E-state index contributed by atoms with van der Waals surface area (Å²) in [5.41, 5.74) is 9.55. The summed E-state index contributed by atoms with van der Waals surface area (Å²) in [7, 11) is 0. The van der Waals surface area contributed by atoms with E-state index >= 15 is 0 Å². The predicted molar refractivity (Wildman–Crippen MR) is 98.3 cm³/mol. The maximum Gasteiger partial charge on any atom is 0.123 e. The van der Waals surface area contributed by atoms with Crippen LogP contribution in [0.3, 0.4) is 0 Å². The van der Waals surface area contributed by atoms with Crippen LogP contribution in [0.1, 0.15) is 37.5 Å². The second kappa shape index (κ2) is 7.21. The molecule has 3 aromatic rings. The number of imidazole rings is 2. The topological polar surface area (TPSA) is 84.5 Å². The van der Waals surface area contributed by atoms with Crippen LogP contribution in [0.15, 0.2) is 49.2 Å². The van der Waals surface area contributed by atoms with Gasteiger partial charge in [0, 0.05) is 24.1 Å². The van der Waals surface area contributed by atoms with E-state index in [1.54, 1.807) is 12.5 Å². The van der Waals surface area contributed by atoms with Gasteiger partial charge in [-0.25, -0.2) is 9.97 Å². The van der Waals surface area contributed by atoms with Crippen LogP contribution in [0.25, 0.3) is 16.9 Å². The zero-order chi connectivity index (χ0) is 17.1. The Morgan fingerprint density at radius 2 is 2.12 bits per heavy atom. The molecule has 1 aliphatic rings. The lowest BCUT2D eigenvalue weighted by Crippen LogP contribution is -2.36. The molecule has 6 heteroatoms. The summed E-state index contributed by atoms with van der Waals surface area (Å²) < 4.78 is 1.98. The number of benzene rings is 1. The van der Waals surface area contributed by atoms with Gasteiger partial charge in [-0.05, 0) is 43.5 Å². The van der Waals surface area contributed by atoms with Gasteiger partial charge in [0.2, 0.25) is 0 Å². The van der Waals surface area contributed by atoms with Gasteiger partial charge in [0.25, 0.3) is 0 Å². The maximum atomic E-state index is 6.36. The van der Waals surface area contributed by atoms with Gasteiger partial charge >= 0.3 is 0 Å². The average molecular weight is 336 g/mol. The molecule has 0 saturated carbocycles. The fraction of sp³-hybridized carbons (Fsp3) is 0.368. The first-order valence-electron chi connectivity index (χ1n) is 8.92. The Morgan fingerprint density at radius 1 is 1.24 bits per heavy atom. The van der Waals surface area contributed by atoms with E-state index in [1.807, 2.05) is 17.0 Å². The van der Waals surface area contributed by atoms with Crippen molar-refractivity contribution in [3.8, 4) is 16.9 Å². The molecule has 0 bridgehead atoms. The van der Waals surface area contributed by atoms with Crippen LogP contribution < -0.4 is 11.1 Å². The van der Waals surface area contributed by atoms with Gasteiger partial charge in [-0.1, -0.05) is 18.6 Å². The second-order valence-electron chi connectivity index (χ2n) is 6.69. The summed E-state index contributed by atoms with van der Waals surface area (Å²) in [4.78, 5) is 12.0. The van der Waals surface area contributed by atoms with Gasteiger partial charge in [-0.3, -0.25) is 0 Å². The number of H-pyrrole nitrogens is 1. The Morgan fingerprint density at radius 3 is 2.84 bits per heavy atom. The Balaban J connectivity index is 1.45. The van der Waals surface area contributed by atoms with Crippen molar-refractivity contribution in [1.29, 1.82) is 0 Å². The van der Waals surface area contributed by atoms with Crippen LogP contribution in [0.5, 0.6) is 0 Å². The molecule has 6 nitrogen and oxygen atoms in total. The predicted octanol–water partition coefficient (Wildman–Crippen LogP) is 2.79. The normalized spacial score (nSPS) is 19.0. The van der Waals surface area contributed by atoms with E-state index < -0.39 is 0 Å². The van der Waals surface area contributed by atoms with Crippen LogP contribution in [0.2, 0.25) is 0 Å². The van der Waals surface area contributed by atoms with Gasteiger partial charge in [0.05, 0.1) is 24.3 Å². The third-order valence-corrected chi connectivity index (χ3v) is 4.88. The first-order valence-corrected chi connectivity index (χ1v) is 8.92. The molecule has 0 aliphatic carbocycles. The van der Waals surface area contributed by atoms with Gasteiger partial charge in [-0.15, -0.1) is 0 Å². The van der Waals surface area contributed by atoms with Crippen LogP contribution in [0, 0.1) is 0 Å². The van der Waals surface area contributed by atoms with Crippen molar-refractivity contribution in [2.24, 2.45) is 5.73 Å². The van der Waals surface area contributed by atoms with Crippen molar-refractivity contribution in [1.82, 2.24) is 24.8 Å². The highest BCUT2D eigenvalue weighted by molar-refractivity contribution is 5.60. The minimum atomic E-state index is -0.0606. The summed E-state index contributed by atoms with van der Waals surface area (Å²) >= 11 is 0. The molecule has 1 fully saturated rings. The Kier molecular flexibility index (Phi) is 4.63. The Labute approximate surface area is 147 Å². The quantitative estimate of drug-likeness (QED) is 0.669. The van der Waals surface area contributed by atoms with Crippen molar-refractivity contribution in [3.63, 3.8) is 0 Å². The lowest BCUT2D eigenvalue weighted by Gasteiger charge is -2.25. The first kappa shape index (κ1) is 16.1. The second-order valence-corrected chi connectivity index (χ2v) is 6.69. The highest BCUT2D eigenvalue weighted by Gasteiger charge is 2.19. The number of nitrogens with two attached hydrogens (primary N) is 1. The fourth-order valence-electron chi connectivity index (χ4n) is 3.44. The Bertz CT molecular complexity index is 784. The minimum Gasteiger partial charge on any atom is -0.341 e. The lowest BCUT2D eigenvalue weighted by molar-refractivity contribution is 0.358. The number of hydrogen-bond acceptors (Lipinski definition) is 4. The monoisotopic (exact) mass is 336 g/mol. The molecule has 1 aromatic carbocycles. The third kappa shape index (κ3) is 3.65. The summed E-state index contributed by atoms with van der Waals surface area (Å²) in [6.07, 6.45) is 12.1. The van der Waals surface area contributed by atoms with Crippen molar-refractivity contribution in [3.05, 3.63) is 55.0 Å². The highest BCUT2D eigenvalue weighted by atomic mass is 15.0. The highest BCUT2D eigenvalue weighted by Crippen LogP contribution is 2.23. The molecule has 1 unspecified atom stereocenters. The van der Waals surface area contributed by atoms with Crippen LogP contribution in [0.4, 0.5) is 0 Å². The molecule has 25 heavy (non-hydrogen) atoms. The molecular formula is C19H24N6. The van der Waals surface area contributed by atoms with Crippen LogP contribution >= 0.6 is 0 Å². The molecule has 2 aromatic heterocycles. The molecule has 3 heterocycles. The first-order chi connectivity index (χ1) is 12.3. The van der Waals surface area contributed by atoms with E-state index in [2.05, 4.69) is 44.5 Å². The molecule has 4 rings (SSSR count). The standard InChI is InChI=1S/C19H24N6/c20-17(11-15-3-1-2-8-22-15)19-23-12-18(24-19)14-4-6-16(7-5-14)25-10-9-21-13-25/h4-7,9-10,12-13,15,17,22H,1-3,8,11,20H2,(H,23,24)/t15?,17-/m0/s1. The van der Waals surface area contributed by atoms with Gasteiger partial charge in [0.15, 0.2) is 0 Å². The summed E-state index contributed by atoms with van der Waals surface area (Å²) in [5, 5.41) is 3.55. The molecule has 2 atom stereocenters. The molecular weight excluding hydrogens is 312 g/mol. The van der Waals surface area contributed by atoms with Crippen LogP contribution in [-0.2, 0) is 0 Å². The molecule has 1 aliphatic heterocycles. The van der Waals surface area contributed by atoms with Crippen molar-refractivity contribution >= 4 is 0 Å². The molecule has 0 amide bonds. The average Bonchev–Trinajstić information content (AvgIpc) is 3.35. The number of hydrogen-bond donors (Lipinski definition) is 3. The molecule has 130 valence electrons. The summed E-state index contributed by atoms with van der Waals surface area (Å²) in [5.74, 6) is 0.862. The van der Waals surface area contributed by atoms with Gasteiger partial charge in [0.1, 0.15) is 5.82 Å². The fourth-order valence-corrected chi connectivity index (χ4v) is 3.44. The molecule has 0 spiro atoms. The molecule has 0 radical (unpaired) electrons. The maximum absolute atomic E-state index is 6.36. The van der Waals surface area contributed by atoms with E-state index in [9.17, 15) is 0 Å². The van der Waals surface area contributed by atoms with Crippen molar-refractivity contribution in [2.45, 2.75) is 37.8 Å². The number of nitrogens with zero attached hydrogens (tertiary/aromatic N) is 3. The molecule has 4 N–H and O–H groups in total. The van der Waals surface area contributed by atoms with E-state index in [0.717, 1.165) is 35.7 Å². The van der Waals surface area contributed by atoms with E-state index in [1.165, 1.54) is 19.3 Å². The summed E-state index contributed by atoms with van der Waals surface area (Å²) in [6, 6.07) is 8.76. The summed E-state index contributed by atoms with van der Waals surface area (Å²) in [6.45, 7) is 1.10. The van der Waals surface area contributed by atoms with Crippen molar-refractivity contribution in [2.75, 3.05) is 6.54 Å². The largest absolute Gasteiger partial charge is 0.341 e. The minimum absolute atomic E-state index is 0.0606. The van der Waals surface area contributed by atoms with Gasteiger partial charge in [-0.2, -0.15) is 0 Å². The van der Waals surface area contributed by atoms with Gasteiger partial charge < -0.3 is 20.6 Å². The Hall–Kier alpha value is -2.44. The third-order valence-electron chi connectivity index (χ3n) is 4.88. The van der Waals surface area contributed by atoms with E-state index in [-0.39, 0.29) is 6.04 Å². The van der Waals surface area contributed by atoms with Crippen LogP contribution in [-0.4, -0.2) is 32.1 Å². The van der Waals surface area contributed by atoms with Crippen molar-refractivity contribution < 1.29 is 0 Å². The lowest BCUT2D eigenvalue weighted by atomic mass is 9.98. The SMILES string of the molecule is N[C@@H](CC1CCCCN1)c1ncc(-c2ccc(-n3ccnc3)cc2)[nH]1. The smallest absolute Gasteiger partial charge is 0.123 e. The number of aromatic nitrogens is 4. The zero-order valence-corrected chi connectivity index (χ0v) is 14.2. The molecule has 1 saturated heterocycles. The van der Waals surface area contributed by atoms with E-state index in [0.29, 0.717) is 6.04 Å². The van der Waals surface area contributed by atoms with E-state index in [4.69, 9.17) is 5.73 Å². The number of rotatable bonds is 5. The number of nitrogens with one attached hydrogen (secondary N) is 2. The number of aromatic amines is 1. The zero-order valence-electron chi connectivity index (χ0n) is 14.2. The number of piperidine rings is 1.